The zero-order valence-electron chi connectivity index (χ0n) is 10.4. The van der Waals surface area contributed by atoms with Gasteiger partial charge in [0.25, 0.3) is 5.91 Å². The lowest BCUT2D eigenvalue weighted by Gasteiger charge is -2.20. The summed E-state index contributed by atoms with van der Waals surface area (Å²) in [7, 11) is 0. The fourth-order valence-corrected chi connectivity index (χ4v) is 1.35. The summed E-state index contributed by atoms with van der Waals surface area (Å²) in [5, 5.41) is 2.91. The van der Waals surface area contributed by atoms with E-state index in [0.29, 0.717) is 5.56 Å². The van der Waals surface area contributed by atoms with Gasteiger partial charge in [0.2, 0.25) is 0 Å². The van der Waals surface area contributed by atoms with Crippen molar-refractivity contribution in [1.82, 2.24) is 5.32 Å². The van der Waals surface area contributed by atoms with Gasteiger partial charge in [0.1, 0.15) is 0 Å². The number of carbonyl (C=O) groups excluding carboxylic acids is 1. The van der Waals surface area contributed by atoms with E-state index in [1.165, 1.54) is 0 Å². The zero-order chi connectivity index (χ0) is 12.3. The van der Waals surface area contributed by atoms with Crippen molar-refractivity contribution in [1.29, 1.82) is 0 Å². The highest BCUT2D eigenvalue weighted by atomic mass is 16.1. The van der Waals surface area contributed by atoms with E-state index in [1.54, 1.807) is 12.1 Å². The summed E-state index contributed by atoms with van der Waals surface area (Å²) in [4.78, 5) is 11.8. The molecule has 0 spiro atoms. The Morgan fingerprint density at radius 3 is 2.12 bits per heavy atom. The van der Waals surface area contributed by atoms with Crippen LogP contribution in [0.3, 0.4) is 0 Å². The first-order valence-electron chi connectivity index (χ1n) is 5.47. The Morgan fingerprint density at radius 1 is 1.25 bits per heavy atom. The van der Waals surface area contributed by atoms with Gasteiger partial charge in [-0.3, -0.25) is 4.79 Å². The van der Waals surface area contributed by atoms with E-state index in [1.807, 2.05) is 39.8 Å². The van der Waals surface area contributed by atoms with Crippen LogP contribution in [0.5, 0.6) is 0 Å². The van der Waals surface area contributed by atoms with Crippen molar-refractivity contribution >= 4 is 5.91 Å². The number of nitrogens with one attached hydrogen (secondary N) is 1. The molecule has 0 unspecified atom stereocenters. The first-order valence-corrected chi connectivity index (χ1v) is 5.47. The van der Waals surface area contributed by atoms with Crippen molar-refractivity contribution in [3.8, 4) is 0 Å². The van der Waals surface area contributed by atoms with Crippen molar-refractivity contribution in [3.63, 3.8) is 0 Å². The average molecular weight is 220 g/mol. The highest BCUT2D eigenvalue weighted by Crippen LogP contribution is 2.11. The number of rotatable bonds is 2. The largest absolute Gasteiger partial charge is 0.347 e. The number of hydrogen-bond acceptors (Lipinski definition) is 2. The maximum atomic E-state index is 11.8. The van der Waals surface area contributed by atoms with Gasteiger partial charge in [-0.25, -0.2) is 0 Å². The molecule has 1 aromatic carbocycles. The first-order chi connectivity index (χ1) is 7.29. The normalized spacial score (nSPS) is 13.3. The molecule has 0 heterocycles. The van der Waals surface area contributed by atoms with Crippen LogP contribution >= 0.6 is 0 Å². The third-order valence-electron chi connectivity index (χ3n) is 2.19. The van der Waals surface area contributed by atoms with Crippen LogP contribution in [0, 0.1) is 0 Å². The van der Waals surface area contributed by atoms with Crippen molar-refractivity contribution < 1.29 is 4.79 Å². The van der Waals surface area contributed by atoms with Crippen molar-refractivity contribution in [2.24, 2.45) is 5.73 Å². The van der Waals surface area contributed by atoms with Crippen LogP contribution in [0.2, 0.25) is 0 Å². The van der Waals surface area contributed by atoms with Gasteiger partial charge in [-0.1, -0.05) is 12.1 Å². The predicted molar refractivity (Wildman–Crippen MR) is 66.3 cm³/mol. The van der Waals surface area contributed by atoms with Crippen molar-refractivity contribution in [2.45, 2.75) is 39.3 Å². The molecule has 0 fully saturated rings. The highest BCUT2D eigenvalue weighted by molar-refractivity contribution is 5.94. The minimum Gasteiger partial charge on any atom is -0.347 e. The van der Waals surface area contributed by atoms with Crippen molar-refractivity contribution in [3.05, 3.63) is 35.4 Å². The molecule has 0 saturated heterocycles. The molecule has 16 heavy (non-hydrogen) atoms. The molecule has 88 valence electrons. The maximum Gasteiger partial charge on any atom is 0.251 e. The monoisotopic (exact) mass is 220 g/mol. The molecule has 1 amide bonds. The molecule has 0 aromatic heterocycles. The lowest BCUT2D eigenvalue weighted by atomic mass is 10.0. The van der Waals surface area contributed by atoms with Gasteiger partial charge < -0.3 is 11.1 Å². The van der Waals surface area contributed by atoms with Gasteiger partial charge in [0, 0.05) is 17.1 Å². The quantitative estimate of drug-likeness (QED) is 0.803. The zero-order valence-corrected chi connectivity index (χ0v) is 10.4. The Labute approximate surface area is 97.0 Å². The Bertz CT molecular complexity index is 361. The summed E-state index contributed by atoms with van der Waals surface area (Å²) in [5.41, 5.74) is 7.23. The molecule has 1 atom stereocenters. The van der Waals surface area contributed by atoms with E-state index < -0.39 is 0 Å². The number of amides is 1. The molecule has 3 heteroatoms. The van der Waals surface area contributed by atoms with Crippen LogP contribution in [0.1, 0.15) is 49.7 Å². The van der Waals surface area contributed by atoms with E-state index in [2.05, 4.69) is 5.32 Å². The van der Waals surface area contributed by atoms with Gasteiger partial charge in [0.15, 0.2) is 0 Å². The molecular formula is C13H20N2O. The van der Waals surface area contributed by atoms with Gasteiger partial charge in [-0.2, -0.15) is 0 Å². The Balaban J connectivity index is 2.78. The van der Waals surface area contributed by atoms with Crippen LogP contribution in [-0.4, -0.2) is 11.4 Å². The molecule has 0 bridgehead atoms. The smallest absolute Gasteiger partial charge is 0.251 e. The summed E-state index contributed by atoms with van der Waals surface area (Å²) in [6.45, 7) is 7.80. The fraction of sp³-hybridized carbons (Fsp3) is 0.462. The molecule has 0 saturated carbocycles. The molecular weight excluding hydrogens is 200 g/mol. The molecule has 3 nitrogen and oxygen atoms in total. The number of hydrogen-bond donors (Lipinski definition) is 2. The number of benzene rings is 1. The SMILES string of the molecule is C[C@H](N)c1ccc(C(=O)NC(C)(C)C)cc1. The molecule has 1 rings (SSSR count). The van der Waals surface area contributed by atoms with Gasteiger partial charge in [-0.05, 0) is 45.4 Å². The second-order valence-electron chi connectivity index (χ2n) is 5.11. The summed E-state index contributed by atoms with van der Waals surface area (Å²) in [6.07, 6.45) is 0. The fourth-order valence-electron chi connectivity index (χ4n) is 1.35. The van der Waals surface area contributed by atoms with E-state index in [4.69, 9.17) is 5.73 Å². The van der Waals surface area contributed by atoms with E-state index in [-0.39, 0.29) is 17.5 Å². The lowest BCUT2D eigenvalue weighted by Crippen LogP contribution is -2.40. The Kier molecular flexibility index (Phi) is 3.70. The summed E-state index contributed by atoms with van der Waals surface area (Å²) in [6, 6.07) is 7.39. The Hall–Kier alpha value is -1.35. The van der Waals surface area contributed by atoms with Crippen LogP contribution < -0.4 is 11.1 Å². The average Bonchev–Trinajstić information content (AvgIpc) is 2.15. The maximum absolute atomic E-state index is 11.8. The second-order valence-corrected chi connectivity index (χ2v) is 5.11. The number of nitrogens with two attached hydrogens (primary N) is 1. The summed E-state index contributed by atoms with van der Waals surface area (Å²) >= 11 is 0. The molecule has 3 N–H and O–H groups in total. The molecule has 1 aromatic rings. The molecule has 0 radical (unpaired) electrons. The number of carbonyl (C=O) groups is 1. The third kappa shape index (κ3) is 3.66. The summed E-state index contributed by atoms with van der Waals surface area (Å²) < 4.78 is 0. The lowest BCUT2D eigenvalue weighted by molar-refractivity contribution is 0.0919. The molecule has 0 aliphatic rings. The minimum atomic E-state index is -0.211. The van der Waals surface area contributed by atoms with Crippen LogP contribution in [-0.2, 0) is 0 Å². The standard InChI is InChI=1S/C13H20N2O/c1-9(14)10-5-7-11(8-6-10)12(16)15-13(2,3)4/h5-9H,14H2,1-4H3,(H,15,16)/t9-/m0/s1. The van der Waals surface area contributed by atoms with E-state index in [9.17, 15) is 4.79 Å². The van der Waals surface area contributed by atoms with E-state index >= 15 is 0 Å². The second kappa shape index (κ2) is 4.66. The van der Waals surface area contributed by atoms with Crippen LogP contribution in [0.25, 0.3) is 0 Å². The van der Waals surface area contributed by atoms with Gasteiger partial charge in [-0.15, -0.1) is 0 Å². The Morgan fingerprint density at radius 2 is 1.75 bits per heavy atom. The van der Waals surface area contributed by atoms with E-state index in [0.717, 1.165) is 5.56 Å². The van der Waals surface area contributed by atoms with Crippen LogP contribution in [0.15, 0.2) is 24.3 Å². The predicted octanol–water partition coefficient (Wildman–Crippen LogP) is 2.23. The van der Waals surface area contributed by atoms with Gasteiger partial charge in [0.05, 0.1) is 0 Å². The minimum absolute atomic E-state index is 0.000252. The summed E-state index contributed by atoms with van der Waals surface area (Å²) in [5.74, 6) is -0.0521. The highest BCUT2D eigenvalue weighted by Gasteiger charge is 2.15. The molecule has 0 aliphatic carbocycles. The third-order valence-corrected chi connectivity index (χ3v) is 2.19. The first kappa shape index (κ1) is 12.7. The topological polar surface area (TPSA) is 55.1 Å². The van der Waals surface area contributed by atoms with Gasteiger partial charge >= 0.3 is 0 Å². The van der Waals surface area contributed by atoms with Crippen LogP contribution in [0.4, 0.5) is 0 Å². The van der Waals surface area contributed by atoms with Crippen molar-refractivity contribution in [2.75, 3.05) is 0 Å². The molecule has 0 aliphatic heterocycles.